The molecule has 0 spiro atoms. The van der Waals surface area contributed by atoms with Gasteiger partial charge in [-0.3, -0.25) is 14.6 Å². The van der Waals surface area contributed by atoms with E-state index in [4.69, 9.17) is 4.52 Å². The minimum Gasteiger partial charge on any atom is -0.351 e. The highest BCUT2D eigenvalue weighted by Crippen LogP contribution is 2.33. The Balaban J connectivity index is 1.43. The summed E-state index contributed by atoms with van der Waals surface area (Å²) in [5, 5.41) is 6.23. The van der Waals surface area contributed by atoms with Crippen molar-refractivity contribution in [3.8, 4) is 11.3 Å². The first-order chi connectivity index (χ1) is 17.1. The number of amides is 1. The number of nitrogens with zero attached hydrogens (tertiary/aromatic N) is 4. The quantitative estimate of drug-likeness (QED) is 0.338. The van der Waals surface area contributed by atoms with E-state index in [0.29, 0.717) is 11.4 Å². The largest absolute Gasteiger partial charge is 0.416 e. The van der Waals surface area contributed by atoms with Gasteiger partial charge in [-0.1, -0.05) is 18.1 Å². The number of aryl methyl sites for hydroxylation is 1. The summed E-state index contributed by atoms with van der Waals surface area (Å²) in [4.78, 5) is 37.5. The lowest BCUT2D eigenvalue weighted by Crippen LogP contribution is -2.13. The van der Waals surface area contributed by atoms with Gasteiger partial charge in [-0.2, -0.15) is 13.2 Å². The molecular weight excluding hydrogens is 475 g/mol. The molecule has 0 fully saturated rings. The van der Waals surface area contributed by atoms with Crippen LogP contribution in [0.3, 0.4) is 0 Å². The molecule has 0 aliphatic rings. The second-order valence-electron chi connectivity index (χ2n) is 8.15. The first kappa shape index (κ1) is 24.7. The number of anilines is 1. The van der Waals surface area contributed by atoms with Crippen LogP contribution in [0.15, 0.2) is 65.7 Å². The highest BCUT2D eigenvalue weighted by Gasteiger charge is 2.32. The molecule has 0 saturated heterocycles. The molecule has 0 bridgehead atoms. The SMILES string of the molecule is Cc1ccc(NC(=O)c2cc([C@H](C)CC(=O)c3cc(-c4ccncc4)ncn3)no2)cc1C(F)(F)F. The van der Waals surface area contributed by atoms with Crippen molar-refractivity contribution in [2.24, 2.45) is 0 Å². The van der Waals surface area contributed by atoms with Crippen LogP contribution in [0.2, 0.25) is 0 Å². The summed E-state index contributed by atoms with van der Waals surface area (Å²) >= 11 is 0. The lowest BCUT2D eigenvalue weighted by molar-refractivity contribution is -0.138. The number of benzene rings is 1. The van der Waals surface area contributed by atoms with Crippen LogP contribution >= 0.6 is 0 Å². The van der Waals surface area contributed by atoms with Crippen LogP contribution in [0.4, 0.5) is 18.9 Å². The van der Waals surface area contributed by atoms with E-state index >= 15 is 0 Å². The molecule has 3 aromatic heterocycles. The van der Waals surface area contributed by atoms with Gasteiger partial charge in [0, 0.05) is 42.0 Å². The second kappa shape index (κ2) is 10.1. The van der Waals surface area contributed by atoms with Crippen LogP contribution in [0.1, 0.15) is 57.1 Å². The molecule has 11 heteroatoms. The summed E-state index contributed by atoms with van der Waals surface area (Å²) in [6.07, 6.45) is 0.0322. The number of nitrogens with one attached hydrogen (secondary N) is 1. The van der Waals surface area contributed by atoms with Crippen molar-refractivity contribution in [2.45, 2.75) is 32.4 Å². The van der Waals surface area contributed by atoms with Crippen molar-refractivity contribution in [3.63, 3.8) is 0 Å². The molecule has 0 aliphatic heterocycles. The summed E-state index contributed by atoms with van der Waals surface area (Å²) in [5.41, 5.74) is 1.10. The smallest absolute Gasteiger partial charge is 0.351 e. The van der Waals surface area contributed by atoms with Gasteiger partial charge in [0.1, 0.15) is 12.0 Å². The number of hydrogen-bond acceptors (Lipinski definition) is 7. The van der Waals surface area contributed by atoms with Crippen molar-refractivity contribution in [1.29, 1.82) is 0 Å². The number of carbonyl (C=O) groups is 2. The molecule has 0 saturated carbocycles. The Morgan fingerprint density at radius 3 is 2.53 bits per heavy atom. The standard InChI is InChI=1S/C25H20F3N5O3/c1-14-3-4-17(10-18(14)25(26,27)28)32-24(35)23-12-19(33-36-23)15(2)9-22(34)21-11-20(30-13-31-21)16-5-7-29-8-6-16/h3-8,10-13,15H,9H2,1-2H3,(H,32,35)/t15-/m1/s1. The second-order valence-corrected chi connectivity index (χ2v) is 8.15. The maximum Gasteiger partial charge on any atom is 0.416 e. The highest BCUT2D eigenvalue weighted by atomic mass is 19.4. The van der Waals surface area contributed by atoms with Crippen molar-refractivity contribution in [3.05, 3.63) is 89.5 Å². The maximum absolute atomic E-state index is 13.1. The van der Waals surface area contributed by atoms with E-state index < -0.39 is 23.6 Å². The number of hydrogen-bond donors (Lipinski definition) is 1. The fraction of sp³-hybridized carbons (Fsp3) is 0.200. The van der Waals surface area contributed by atoms with E-state index in [0.717, 1.165) is 11.6 Å². The Labute approximate surface area is 203 Å². The van der Waals surface area contributed by atoms with Crippen LogP contribution < -0.4 is 5.32 Å². The fourth-order valence-electron chi connectivity index (χ4n) is 3.50. The fourth-order valence-corrected chi connectivity index (χ4v) is 3.50. The van der Waals surface area contributed by atoms with Crippen LogP contribution in [0.25, 0.3) is 11.3 Å². The van der Waals surface area contributed by atoms with E-state index in [2.05, 4.69) is 25.4 Å². The zero-order valence-corrected chi connectivity index (χ0v) is 19.2. The van der Waals surface area contributed by atoms with E-state index in [1.54, 1.807) is 37.5 Å². The summed E-state index contributed by atoms with van der Waals surface area (Å²) in [6, 6.07) is 9.96. The van der Waals surface area contributed by atoms with Gasteiger partial charge < -0.3 is 9.84 Å². The Kier molecular flexibility index (Phi) is 6.91. The average Bonchev–Trinajstić information content (AvgIpc) is 3.36. The van der Waals surface area contributed by atoms with E-state index in [1.165, 1.54) is 31.5 Å². The molecule has 4 aromatic rings. The monoisotopic (exact) mass is 495 g/mol. The number of aromatic nitrogens is 4. The van der Waals surface area contributed by atoms with Gasteiger partial charge in [-0.15, -0.1) is 0 Å². The Bertz CT molecular complexity index is 1400. The van der Waals surface area contributed by atoms with E-state index in [9.17, 15) is 22.8 Å². The summed E-state index contributed by atoms with van der Waals surface area (Å²) in [7, 11) is 0. The number of ketones is 1. The molecular formula is C25H20F3N5O3. The van der Waals surface area contributed by atoms with Crippen LogP contribution in [-0.4, -0.2) is 31.8 Å². The molecule has 1 N–H and O–H groups in total. The first-order valence-electron chi connectivity index (χ1n) is 10.8. The minimum atomic E-state index is -4.55. The zero-order valence-electron chi connectivity index (χ0n) is 19.2. The van der Waals surface area contributed by atoms with Gasteiger partial charge in [-0.25, -0.2) is 9.97 Å². The number of halogens is 3. The Hall–Kier alpha value is -4.41. The van der Waals surface area contributed by atoms with Gasteiger partial charge in [0.05, 0.1) is 17.0 Å². The van der Waals surface area contributed by atoms with Crippen LogP contribution in [-0.2, 0) is 6.18 Å². The molecule has 4 rings (SSSR count). The summed E-state index contributed by atoms with van der Waals surface area (Å²) in [5.74, 6) is -1.63. The Morgan fingerprint density at radius 2 is 1.81 bits per heavy atom. The number of alkyl halides is 3. The molecule has 0 aliphatic carbocycles. The van der Waals surface area contributed by atoms with Gasteiger partial charge in [0.25, 0.3) is 5.91 Å². The number of pyridine rings is 1. The van der Waals surface area contributed by atoms with E-state index in [1.807, 2.05) is 0 Å². The maximum atomic E-state index is 13.1. The van der Waals surface area contributed by atoms with Gasteiger partial charge in [0.15, 0.2) is 5.78 Å². The van der Waals surface area contributed by atoms with Crippen LogP contribution in [0.5, 0.6) is 0 Å². The molecule has 36 heavy (non-hydrogen) atoms. The van der Waals surface area contributed by atoms with Crippen molar-refractivity contribution in [2.75, 3.05) is 5.32 Å². The average molecular weight is 495 g/mol. The molecule has 1 atom stereocenters. The van der Waals surface area contributed by atoms with Crippen molar-refractivity contribution in [1.82, 2.24) is 20.1 Å². The van der Waals surface area contributed by atoms with Gasteiger partial charge >= 0.3 is 6.18 Å². The third kappa shape index (κ3) is 5.62. The third-order valence-electron chi connectivity index (χ3n) is 5.48. The summed E-state index contributed by atoms with van der Waals surface area (Å²) < 4.78 is 44.5. The van der Waals surface area contributed by atoms with Gasteiger partial charge in [0.2, 0.25) is 5.76 Å². The lowest BCUT2D eigenvalue weighted by Gasteiger charge is -2.12. The molecule has 3 heterocycles. The molecule has 184 valence electrons. The molecule has 0 radical (unpaired) electrons. The lowest BCUT2D eigenvalue weighted by atomic mass is 9.98. The van der Waals surface area contributed by atoms with Crippen LogP contribution in [0, 0.1) is 6.92 Å². The van der Waals surface area contributed by atoms with E-state index in [-0.39, 0.29) is 34.9 Å². The number of Topliss-reactive ketones (excluding diaryl/α,β-unsaturated/α-hetero) is 1. The zero-order chi connectivity index (χ0) is 25.9. The van der Waals surface area contributed by atoms with Crippen molar-refractivity contribution >= 4 is 17.4 Å². The van der Waals surface area contributed by atoms with Gasteiger partial charge in [-0.05, 0) is 42.8 Å². The Morgan fingerprint density at radius 1 is 1.06 bits per heavy atom. The molecule has 1 amide bonds. The molecule has 1 aromatic carbocycles. The normalized spacial score (nSPS) is 12.2. The van der Waals surface area contributed by atoms with Crippen molar-refractivity contribution < 1.29 is 27.3 Å². The predicted octanol–water partition coefficient (Wildman–Crippen LogP) is 5.48. The summed E-state index contributed by atoms with van der Waals surface area (Å²) in [6.45, 7) is 3.07. The predicted molar refractivity (Wildman–Crippen MR) is 123 cm³/mol. The molecule has 8 nitrogen and oxygen atoms in total. The minimum absolute atomic E-state index is 0.0344. The molecule has 0 unspecified atom stereocenters. The number of carbonyl (C=O) groups excluding carboxylic acids is 2. The third-order valence-corrected chi connectivity index (χ3v) is 5.48. The highest BCUT2D eigenvalue weighted by molar-refractivity contribution is 6.02. The number of rotatable bonds is 7. The topological polar surface area (TPSA) is 111 Å². The first-order valence-corrected chi connectivity index (χ1v) is 10.8.